The standard InChI is InChI=1S/C44H42ClN7O4/c1-44(2)36-20-29(6-12-38(36)52(43(44)56)34-9-5-30(22-46)37(45)21-34)28-3-7-32(8-4-28)50-24-27(25-50)23-48-15-17-49(18-16-48)33-10-11-35-31(19-33)26-51(42(35)55)39-13-14-40(53)47-41(39)54/h3-12,19-21,27,39H,13-18,23-26H2,1-2H3,(H,47,53,54). The molecule has 1 unspecified atom stereocenters. The molecular formula is C44H42ClN7O4. The molecule has 0 spiro atoms. The molecule has 4 amide bonds. The first-order valence-corrected chi connectivity index (χ1v) is 19.7. The molecule has 4 aromatic carbocycles. The summed E-state index contributed by atoms with van der Waals surface area (Å²) in [5.41, 5.74) is 8.13. The van der Waals surface area contributed by atoms with Crippen LogP contribution >= 0.6 is 11.6 Å². The van der Waals surface area contributed by atoms with Gasteiger partial charge in [-0.2, -0.15) is 5.26 Å². The Labute approximate surface area is 331 Å². The molecule has 3 fully saturated rings. The monoisotopic (exact) mass is 767 g/mol. The Morgan fingerprint density at radius 3 is 2.25 bits per heavy atom. The predicted octanol–water partition coefficient (Wildman–Crippen LogP) is 5.85. The van der Waals surface area contributed by atoms with E-state index >= 15 is 0 Å². The van der Waals surface area contributed by atoms with E-state index in [1.54, 1.807) is 28.0 Å². The van der Waals surface area contributed by atoms with Crippen LogP contribution in [0.3, 0.4) is 0 Å². The second kappa shape index (κ2) is 13.8. The Morgan fingerprint density at radius 2 is 1.54 bits per heavy atom. The Kier molecular flexibility index (Phi) is 8.86. The van der Waals surface area contributed by atoms with Gasteiger partial charge in [0.25, 0.3) is 5.91 Å². The number of nitrogens with one attached hydrogen (secondary N) is 1. The molecule has 4 aromatic rings. The van der Waals surface area contributed by atoms with Gasteiger partial charge in [-0.05, 0) is 103 Å². The predicted molar refractivity (Wildman–Crippen MR) is 215 cm³/mol. The number of piperazine rings is 1. The molecule has 3 saturated heterocycles. The van der Waals surface area contributed by atoms with Crippen LogP contribution in [0, 0.1) is 17.2 Å². The van der Waals surface area contributed by atoms with Crippen LogP contribution in [-0.2, 0) is 26.3 Å². The molecule has 56 heavy (non-hydrogen) atoms. The minimum Gasteiger partial charge on any atom is -0.371 e. The lowest BCUT2D eigenvalue weighted by atomic mass is 9.84. The summed E-state index contributed by atoms with van der Waals surface area (Å²) in [4.78, 5) is 61.5. The molecule has 11 nitrogen and oxygen atoms in total. The summed E-state index contributed by atoms with van der Waals surface area (Å²) in [6.45, 7) is 11.2. The van der Waals surface area contributed by atoms with Crippen LogP contribution in [0.25, 0.3) is 11.1 Å². The number of anilines is 4. The van der Waals surface area contributed by atoms with Crippen molar-refractivity contribution in [3.8, 4) is 17.2 Å². The summed E-state index contributed by atoms with van der Waals surface area (Å²) in [7, 11) is 0. The molecule has 1 N–H and O–H groups in total. The number of nitriles is 1. The van der Waals surface area contributed by atoms with Crippen molar-refractivity contribution < 1.29 is 19.2 Å². The van der Waals surface area contributed by atoms with Crippen LogP contribution in [0.2, 0.25) is 5.02 Å². The number of carbonyl (C=O) groups is 4. The van der Waals surface area contributed by atoms with Gasteiger partial charge in [-0.25, -0.2) is 0 Å². The highest BCUT2D eigenvalue weighted by Gasteiger charge is 2.45. The lowest BCUT2D eigenvalue weighted by Crippen LogP contribution is -2.55. The molecular weight excluding hydrogens is 726 g/mol. The zero-order valence-electron chi connectivity index (χ0n) is 31.4. The minimum atomic E-state index is -0.725. The van der Waals surface area contributed by atoms with Crippen LogP contribution in [0.15, 0.2) is 78.9 Å². The fourth-order valence-corrected chi connectivity index (χ4v) is 9.19. The van der Waals surface area contributed by atoms with Gasteiger partial charge < -0.3 is 14.7 Å². The largest absolute Gasteiger partial charge is 0.371 e. The van der Waals surface area contributed by atoms with Crippen molar-refractivity contribution in [1.82, 2.24) is 15.1 Å². The normalized spacial score (nSPS) is 20.9. The quantitative estimate of drug-likeness (QED) is 0.233. The van der Waals surface area contributed by atoms with Gasteiger partial charge in [-0.1, -0.05) is 29.8 Å². The smallest absolute Gasteiger partial charge is 0.255 e. The number of imide groups is 1. The average Bonchev–Trinajstić information content (AvgIpc) is 3.61. The summed E-state index contributed by atoms with van der Waals surface area (Å²) >= 11 is 6.34. The number of hydrogen-bond donors (Lipinski definition) is 1. The first-order valence-electron chi connectivity index (χ1n) is 19.3. The van der Waals surface area contributed by atoms with E-state index < -0.39 is 11.5 Å². The number of rotatable bonds is 7. The number of piperidine rings is 1. The number of amides is 4. The van der Waals surface area contributed by atoms with Gasteiger partial charge in [0.15, 0.2) is 0 Å². The van der Waals surface area contributed by atoms with Gasteiger partial charge in [-0.3, -0.25) is 34.3 Å². The van der Waals surface area contributed by atoms with Crippen LogP contribution in [0.1, 0.15) is 53.7 Å². The topological polar surface area (TPSA) is 120 Å². The SMILES string of the molecule is CC1(C)C(=O)N(c2ccc(C#N)c(Cl)c2)c2ccc(-c3ccc(N4CC(CN5CCN(c6ccc7c(c6)CN(C6CCC(=O)NC6=O)C7=O)CC5)C4)cc3)cc21. The van der Waals surface area contributed by atoms with E-state index in [-0.39, 0.29) is 30.0 Å². The number of fused-ring (bicyclic) bond motifs is 2. The van der Waals surface area contributed by atoms with Gasteiger partial charge in [-0.15, -0.1) is 0 Å². The van der Waals surface area contributed by atoms with Crippen molar-refractivity contribution in [3.05, 3.63) is 106 Å². The summed E-state index contributed by atoms with van der Waals surface area (Å²) in [5.74, 6) is -0.230. The van der Waals surface area contributed by atoms with Crippen LogP contribution < -0.4 is 20.0 Å². The molecule has 0 radical (unpaired) electrons. The van der Waals surface area contributed by atoms with Gasteiger partial charge in [0.1, 0.15) is 12.1 Å². The Bertz CT molecular complexity index is 2340. The van der Waals surface area contributed by atoms with Crippen molar-refractivity contribution in [3.63, 3.8) is 0 Å². The molecule has 284 valence electrons. The highest BCUT2D eigenvalue weighted by atomic mass is 35.5. The van der Waals surface area contributed by atoms with Crippen molar-refractivity contribution in [2.45, 2.75) is 44.7 Å². The number of benzene rings is 4. The van der Waals surface area contributed by atoms with Crippen LogP contribution in [0.5, 0.6) is 0 Å². The summed E-state index contributed by atoms with van der Waals surface area (Å²) in [6.07, 6.45) is 0.615. The molecule has 0 bridgehead atoms. The fraction of sp³-hybridized carbons (Fsp3) is 0.341. The Morgan fingerprint density at radius 1 is 0.821 bits per heavy atom. The maximum absolute atomic E-state index is 13.7. The second-order valence-electron chi connectivity index (χ2n) is 16.1. The van der Waals surface area contributed by atoms with E-state index in [2.05, 4.69) is 68.6 Å². The Balaban J connectivity index is 0.779. The maximum Gasteiger partial charge on any atom is 0.255 e. The minimum absolute atomic E-state index is 0.0330. The molecule has 1 atom stereocenters. The van der Waals surface area contributed by atoms with E-state index in [4.69, 9.17) is 11.6 Å². The van der Waals surface area contributed by atoms with Crippen molar-refractivity contribution in [2.75, 3.05) is 60.5 Å². The van der Waals surface area contributed by atoms with Crippen LogP contribution in [-0.4, -0.2) is 85.3 Å². The first kappa shape index (κ1) is 36.0. The van der Waals surface area contributed by atoms with Crippen molar-refractivity contribution in [2.24, 2.45) is 5.92 Å². The van der Waals surface area contributed by atoms with E-state index in [1.807, 2.05) is 32.0 Å². The van der Waals surface area contributed by atoms with Gasteiger partial charge in [0.2, 0.25) is 17.7 Å². The number of carbonyl (C=O) groups excluding carboxylic acids is 4. The van der Waals surface area contributed by atoms with Gasteiger partial charge in [0.05, 0.1) is 27.4 Å². The van der Waals surface area contributed by atoms with Crippen LogP contribution in [0.4, 0.5) is 22.7 Å². The summed E-state index contributed by atoms with van der Waals surface area (Å²) in [5, 5.41) is 12.0. The third kappa shape index (κ3) is 6.17. The molecule has 0 aliphatic carbocycles. The molecule has 5 heterocycles. The Hall–Kier alpha value is -5.70. The lowest BCUT2D eigenvalue weighted by Gasteiger charge is -2.45. The second-order valence-corrected chi connectivity index (χ2v) is 16.5. The molecule has 0 aromatic heterocycles. The third-order valence-electron chi connectivity index (χ3n) is 12.3. The van der Waals surface area contributed by atoms with Crippen molar-refractivity contribution >= 4 is 58.0 Å². The number of halogens is 1. The summed E-state index contributed by atoms with van der Waals surface area (Å²) < 4.78 is 0. The molecule has 12 heteroatoms. The van der Waals surface area contributed by atoms with E-state index in [0.717, 1.165) is 79.4 Å². The third-order valence-corrected chi connectivity index (χ3v) is 12.6. The first-order chi connectivity index (χ1) is 27.0. The van der Waals surface area contributed by atoms with Crippen molar-refractivity contribution in [1.29, 1.82) is 5.26 Å². The van der Waals surface area contributed by atoms with Gasteiger partial charge in [0, 0.05) is 81.6 Å². The maximum atomic E-state index is 13.7. The zero-order chi connectivity index (χ0) is 38.9. The molecule has 5 aliphatic rings. The lowest BCUT2D eigenvalue weighted by molar-refractivity contribution is -0.137. The van der Waals surface area contributed by atoms with Gasteiger partial charge >= 0.3 is 0 Å². The van der Waals surface area contributed by atoms with E-state index in [0.29, 0.717) is 40.7 Å². The number of nitrogens with zero attached hydrogens (tertiary/aromatic N) is 6. The summed E-state index contributed by atoms with van der Waals surface area (Å²) in [6, 6.07) is 27.5. The average molecular weight is 768 g/mol. The highest BCUT2D eigenvalue weighted by Crippen LogP contribution is 2.47. The number of hydrogen-bond acceptors (Lipinski definition) is 8. The van der Waals surface area contributed by atoms with E-state index in [9.17, 15) is 24.4 Å². The van der Waals surface area contributed by atoms with E-state index in [1.165, 1.54) is 5.69 Å². The molecule has 9 rings (SSSR count). The molecule has 5 aliphatic heterocycles. The zero-order valence-corrected chi connectivity index (χ0v) is 32.2. The fourth-order valence-electron chi connectivity index (χ4n) is 8.98. The molecule has 0 saturated carbocycles. The highest BCUT2D eigenvalue weighted by molar-refractivity contribution is 6.32.